The van der Waals surface area contributed by atoms with E-state index in [1.165, 1.54) is 47.0 Å². The summed E-state index contributed by atoms with van der Waals surface area (Å²) >= 11 is 0. The van der Waals surface area contributed by atoms with E-state index in [0.29, 0.717) is 61.9 Å². The van der Waals surface area contributed by atoms with Crippen LogP contribution in [-0.2, 0) is 18.0 Å². The fourth-order valence-electron chi connectivity index (χ4n) is 7.35. The molecule has 2 bridgehead atoms. The largest absolute Gasteiger partial charge is 0.417 e. The van der Waals surface area contributed by atoms with Crippen molar-refractivity contribution in [2.75, 3.05) is 11.9 Å². The van der Waals surface area contributed by atoms with Crippen LogP contribution in [0.1, 0.15) is 66.0 Å². The Bertz CT molecular complexity index is 2170. The molecule has 1 amide bonds. The maximum absolute atomic E-state index is 15.2. The van der Waals surface area contributed by atoms with E-state index in [9.17, 15) is 27.2 Å². The lowest BCUT2D eigenvalue weighted by Gasteiger charge is -2.50. The Hall–Kier alpha value is -4.91. The molecule has 7 nitrogen and oxygen atoms in total. The first-order chi connectivity index (χ1) is 23.7. The summed E-state index contributed by atoms with van der Waals surface area (Å²) in [6, 6.07) is 9.82. The number of nitrogens with zero attached hydrogens (tertiary/aromatic N) is 3. The van der Waals surface area contributed by atoms with Crippen LogP contribution in [0.3, 0.4) is 0 Å². The topological polar surface area (TPSA) is 80.4 Å². The zero-order valence-corrected chi connectivity index (χ0v) is 27.2. The van der Waals surface area contributed by atoms with Gasteiger partial charge in [0.25, 0.3) is 0 Å². The second-order valence-corrected chi connectivity index (χ2v) is 13.3. The van der Waals surface area contributed by atoms with Crippen molar-refractivity contribution in [2.45, 2.75) is 62.8 Å². The van der Waals surface area contributed by atoms with E-state index in [1.54, 1.807) is 18.5 Å². The first-order valence-electron chi connectivity index (χ1n) is 16.3. The number of fused-ring (bicyclic) bond motifs is 5. The number of anilines is 1. The van der Waals surface area contributed by atoms with Crippen LogP contribution in [0.4, 0.5) is 32.0 Å². The van der Waals surface area contributed by atoms with Crippen molar-refractivity contribution >= 4 is 33.9 Å². The lowest BCUT2D eigenvalue weighted by molar-refractivity contribution is -0.137. The Morgan fingerprint density at radius 2 is 1.62 bits per heavy atom. The molecule has 0 aliphatic heterocycles. The molecule has 3 fully saturated rings. The molecule has 0 radical (unpaired) electrons. The average molecular weight is 694 g/mol. The zero-order chi connectivity index (χ0) is 35.6. The van der Waals surface area contributed by atoms with E-state index in [1.807, 2.05) is 0 Å². The fraction of sp³-hybridized carbons (Fsp3) is 0.324. The quantitative estimate of drug-likeness (QED) is 0.0976. The van der Waals surface area contributed by atoms with Crippen molar-refractivity contribution in [1.82, 2.24) is 19.3 Å². The summed E-state index contributed by atoms with van der Waals surface area (Å²) in [5.74, 6) is -3.39. The maximum atomic E-state index is 15.2. The minimum atomic E-state index is -4.70. The van der Waals surface area contributed by atoms with Gasteiger partial charge in [-0.2, -0.15) is 13.2 Å². The molecule has 3 aliphatic carbocycles. The maximum Gasteiger partial charge on any atom is 0.417 e. The SMILES string of the molecule is Cc1nc2cc(-c3cccn4c(C(=O)c5cc(F)c(NC(=O)/C=C/CNC67CCC(F)(CC6)CC7)c(F)c5)ccc34)c(C(F)(F)F)cc2n1C. The predicted molar refractivity (Wildman–Crippen MR) is 177 cm³/mol. The molecule has 50 heavy (non-hydrogen) atoms. The van der Waals surface area contributed by atoms with Crippen LogP contribution < -0.4 is 10.6 Å². The predicted octanol–water partition coefficient (Wildman–Crippen LogP) is 8.23. The number of halogens is 6. The Morgan fingerprint density at radius 3 is 2.28 bits per heavy atom. The number of carbonyl (C=O) groups is 2. The number of benzene rings is 2. The lowest BCUT2D eigenvalue weighted by Crippen LogP contribution is -2.55. The van der Waals surface area contributed by atoms with Crippen LogP contribution in [0.15, 0.2) is 66.9 Å². The fourth-order valence-corrected chi connectivity index (χ4v) is 7.35. The number of ketones is 1. The molecule has 260 valence electrons. The molecule has 5 aromatic rings. The van der Waals surface area contributed by atoms with Gasteiger partial charge in [-0.05, 0) is 93.5 Å². The molecule has 2 N–H and O–H groups in total. The van der Waals surface area contributed by atoms with Crippen LogP contribution in [-0.4, -0.2) is 43.4 Å². The van der Waals surface area contributed by atoms with Crippen molar-refractivity contribution < 1.29 is 35.9 Å². The molecular weight excluding hydrogens is 660 g/mol. The van der Waals surface area contributed by atoms with Gasteiger partial charge in [-0.3, -0.25) is 9.59 Å². The number of hydrogen-bond donors (Lipinski definition) is 2. The van der Waals surface area contributed by atoms with Crippen molar-refractivity contribution in [3.05, 3.63) is 101 Å². The summed E-state index contributed by atoms with van der Waals surface area (Å²) < 4.78 is 90.7. The van der Waals surface area contributed by atoms with Crippen LogP contribution in [0.2, 0.25) is 0 Å². The third-order valence-corrected chi connectivity index (χ3v) is 10.3. The van der Waals surface area contributed by atoms with Gasteiger partial charge in [-0.1, -0.05) is 12.1 Å². The Labute approximate surface area is 283 Å². The number of carbonyl (C=O) groups excluding carboxylic acids is 2. The average Bonchev–Trinajstić information content (AvgIpc) is 3.64. The molecular formula is C37H33F6N5O2. The second-order valence-electron chi connectivity index (χ2n) is 13.3. The summed E-state index contributed by atoms with van der Waals surface area (Å²) in [4.78, 5) is 30.4. The minimum absolute atomic E-state index is 0.0382. The van der Waals surface area contributed by atoms with Gasteiger partial charge in [-0.25, -0.2) is 18.2 Å². The first-order valence-corrected chi connectivity index (χ1v) is 16.3. The van der Waals surface area contributed by atoms with Crippen molar-refractivity contribution in [1.29, 1.82) is 0 Å². The number of imidazole rings is 1. The van der Waals surface area contributed by atoms with Gasteiger partial charge in [0.15, 0.2) is 0 Å². The highest BCUT2D eigenvalue weighted by Gasteiger charge is 2.48. The van der Waals surface area contributed by atoms with Crippen LogP contribution in [0.25, 0.3) is 27.7 Å². The number of nitrogens with one attached hydrogen (secondary N) is 2. The van der Waals surface area contributed by atoms with Gasteiger partial charge in [0, 0.05) is 42.5 Å². The highest BCUT2D eigenvalue weighted by atomic mass is 19.4. The molecule has 0 unspecified atom stereocenters. The smallest absolute Gasteiger partial charge is 0.331 e. The number of hydrogen-bond acceptors (Lipinski definition) is 4. The summed E-state index contributed by atoms with van der Waals surface area (Å²) in [5.41, 5.74) is -2.25. The van der Waals surface area contributed by atoms with E-state index in [4.69, 9.17) is 0 Å². The molecule has 8 rings (SSSR count). The van der Waals surface area contributed by atoms with E-state index >= 15 is 8.78 Å². The number of alkyl halides is 4. The van der Waals surface area contributed by atoms with Crippen LogP contribution >= 0.6 is 0 Å². The van der Waals surface area contributed by atoms with Gasteiger partial charge in [0.2, 0.25) is 11.7 Å². The summed E-state index contributed by atoms with van der Waals surface area (Å²) in [7, 11) is 1.63. The van der Waals surface area contributed by atoms with Crippen LogP contribution in [0, 0.1) is 18.6 Å². The molecule has 0 spiro atoms. The third kappa shape index (κ3) is 5.97. The molecule has 3 aromatic heterocycles. The van der Waals surface area contributed by atoms with E-state index in [0.717, 1.165) is 24.3 Å². The van der Waals surface area contributed by atoms with E-state index < -0.39 is 46.4 Å². The van der Waals surface area contributed by atoms with Gasteiger partial charge < -0.3 is 19.6 Å². The molecule has 3 heterocycles. The Balaban J connectivity index is 1.11. The number of aryl methyl sites for hydroxylation is 2. The summed E-state index contributed by atoms with van der Waals surface area (Å²) in [6.45, 7) is 2.01. The number of amides is 1. The number of pyridine rings is 1. The monoisotopic (exact) mass is 693 g/mol. The summed E-state index contributed by atoms with van der Waals surface area (Å²) in [6.07, 6.45) is 3.12. The number of aromatic nitrogens is 3. The lowest BCUT2D eigenvalue weighted by atomic mass is 9.64. The Morgan fingerprint density at radius 1 is 0.940 bits per heavy atom. The van der Waals surface area contributed by atoms with E-state index in [2.05, 4.69) is 15.6 Å². The van der Waals surface area contributed by atoms with Gasteiger partial charge >= 0.3 is 6.18 Å². The molecule has 3 aliphatic rings. The highest BCUT2D eigenvalue weighted by Crippen LogP contribution is 2.49. The molecule has 0 saturated heterocycles. The van der Waals surface area contributed by atoms with Crippen molar-refractivity contribution in [3.8, 4) is 11.1 Å². The first kappa shape index (κ1) is 33.6. The van der Waals surface area contributed by atoms with Crippen LogP contribution in [0.5, 0.6) is 0 Å². The summed E-state index contributed by atoms with van der Waals surface area (Å²) in [5, 5.41) is 5.56. The molecule has 3 saturated carbocycles. The normalized spacial score (nSPS) is 20.7. The second kappa shape index (κ2) is 12.1. The highest BCUT2D eigenvalue weighted by molar-refractivity contribution is 6.09. The minimum Gasteiger partial charge on any atom is -0.331 e. The van der Waals surface area contributed by atoms with Gasteiger partial charge in [0.1, 0.15) is 28.8 Å². The number of rotatable bonds is 8. The Kier molecular flexibility index (Phi) is 8.16. The van der Waals surface area contributed by atoms with Gasteiger partial charge in [0.05, 0.1) is 27.8 Å². The van der Waals surface area contributed by atoms with Crippen molar-refractivity contribution in [3.63, 3.8) is 0 Å². The molecule has 0 atom stereocenters. The zero-order valence-electron chi connectivity index (χ0n) is 27.2. The van der Waals surface area contributed by atoms with Crippen molar-refractivity contribution in [2.24, 2.45) is 7.05 Å². The molecule has 2 aromatic carbocycles. The molecule has 13 heteroatoms. The third-order valence-electron chi connectivity index (χ3n) is 10.3. The van der Waals surface area contributed by atoms with Gasteiger partial charge in [-0.15, -0.1) is 0 Å². The van der Waals surface area contributed by atoms with E-state index in [-0.39, 0.29) is 33.4 Å². The standard InChI is InChI=1S/C37H33F6N5O2/c1-21-45-28-19-24(25(37(41,42)43)20-31(28)47(21)2)23-5-4-16-48-29(23)7-8-30(48)34(50)22-17-26(38)33(27(39)18-22)46-32(49)6-3-15-44-36-12-9-35(40,10-13-36)11-14-36/h3-8,16-20,44H,9-15H2,1-2H3,(H,46,49)/b6-3+.